The first-order chi connectivity index (χ1) is 4.82. The van der Waals surface area contributed by atoms with Gasteiger partial charge < -0.3 is 14.7 Å². The summed E-state index contributed by atoms with van der Waals surface area (Å²) in [5, 5.41) is 19.5. The molecular formula is C4H4BF3K2O3. The van der Waals surface area contributed by atoms with Crippen molar-refractivity contribution in [2.24, 2.45) is 0 Å². The maximum Gasteiger partial charge on any atom is 1.00 e. The van der Waals surface area contributed by atoms with Crippen LogP contribution in [-0.4, -0.2) is 25.0 Å². The van der Waals surface area contributed by atoms with Gasteiger partial charge in [-0.1, -0.05) is 0 Å². The first-order valence-corrected chi connectivity index (χ1v) is 2.83. The predicted octanol–water partition coefficient (Wildman–Crippen LogP) is -7.54. The quantitative estimate of drug-likeness (QED) is 0.455. The second kappa shape index (κ2) is 6.08. The van der Waals surface area contributed by atoms with Crippen LogP contribution in [0, 0.1) is 0 Å². The molecule has 1 fully saturated rings. The second-order valence-electron chi connectivity index (χ2n) is 2.50. The Balaban J connectivity index is 0. The van der Waals surface area contributed by atoms with Crippen LogP contribution in [0.4, 0.5) is 13.2 Å². The SMILES string of the molecule is CC1(OB([O-])[O-])C(F)C1(F)F.[K+].[K+]. The van der Waals surface area contributed by atoms with E-state index in [0.717, 1.165) is 0 Å². The molecule has 0 radical (unpaired) electrons. The maximum absolute atomic E-state index is 12.2. The molecule has 9 heteroatoms. The van der Waals surface area contributed by atoms with Gasteiger partial charge in [-0.3, -0.25) is 0 Å². The molecule has 0 aromatic heterocycles. The van der Waals surface area contributed by atoms with E-state index in [1.807, 2.05) is 0 Å². The van der Waals surface area contributed by atoms with E-state index < -0.39 is 25.0 Å². The molecule has 0 aromatic rings. The van der Waals surface area contributed by atoms with Crippen molar-refractivity contribution >= 4 is 7.32 Å². The van der Waals surface area contributed by atoms with Crippen molar-refractivity contribution in [3.05, 3.63) is 0 Å². The van der Waals surface area contributed by atoms with Crippen LogP contribution in [-0.2, 0) is 4.65 Å². The van der Waals surface area contributed by atoms with Crippen molar-refractivity contribution in [3.8, 4) is 0 Å². The van der Waals surface area contributed by atoms with Gasteiger partial charge in [0.05, 0.1) is 7.32 Å². The van der Waals surface area contributed by atoms with Crippen LogP contribution in [0.1, 0.15) is 6.92 Å². The van der Waals surface area contributed by atoms with Crippen molar-refractivity contribution in [2.45, 2.75) is 24.6 Å². The van der Waals surface area contributed by atoms with Gasteiger partial charge in [0.1, 0.15) is 0 Å². The average molecular weight is 246 g/mol. The monoisotopic (exact) mass is 246 g/mol. The van der Waals surface area contributed by atoms with Crippen LogP contribution in [0.15, 0.2) is 0 Å². The summed E-state index contributed by atoms with van der Waals surface area (Å²) in [4.78, 5) is 0. The van der Waals surface area contributed by atoms with Crippen molar-refractivity contribution in [3.63, 3.8) is 0 Å². The van der Waals surface area contributed by atoms with Crippen molar-refractivity contribution in [1.29, 1.82) is 0 Å². The molecule has 0 N–H and O–H groups in total. The molecule has 64 valence electrons. The standard InChI is InChI=1S/C4H4BF3O3.2K/c1-3(11-5(9)10)2(6)4(3,7)8;;/h2H,1H3;;/q-2;2*+1. The number of hydrogen-bond acceptors (Lipinski definition) is 3. The topological polar surface area (TPSA) is 55.3 Å². The zero-order valence-electron chi connectivity index (χ0n) is 7.51. The molecule has 0 aromatic carbocycles. The number of alkyl halides is 3. The molecular weight excluding hydrogens is 242 g/mol. The van der Waals surface area contributed by atoms with E-state index in [9.17, 15) is 23.2 Å². The molecule has 0 spiro atoms. The van der Waals surface area contributed by atoms with Crippen molar-refractivity contribution in [2.75, 3.05) is 0 Å². The molecule has 1 aliphatic rings. The van der Waals surface area contributed by atoms with E-state index in [2.05, 4.69) is 4.65 Å². The van der Waals surface area contributed by atoms with Crippen LogP contribution < -0.4 is 113 Å². The summed E-state index contributed by atoms with van der Waals surface area (Å²) in [5.74, 6) is -3.69. The van der Waals surface area contributed by atoms with E-state index >= 15 is 0 Å². The Morgan fingerprint density at radius 1 is 1.31 bits per heavy atom. The second-order valence-corrected chi connectivity index (χ2v) is 2.50. The molecule has 0 aliphatic heterocycles. The molecule has 3 nitrogen and oxygen atoms in total. The molecule has 0 saturated heterocycles. The molecule has 0 amide bonds. The summed E-state index contributed by atoms with van der Waals surface area (Å²) in [7, 11) is -2.87. The van der Waals surface area contributed by atoms with Crippen LogP contribution >= 0.6 is 0 Å². The molecule has 2 unspecified atom stereocenters. The molecule has 13 heavy (non-hydrogen) atoms. The predicted molar refractivity (Wildman–Crippen MR) is 25.1 cm³/mol. The van der Waals surface area contributed by atoms with E-state index in [-0.39, 0.29) is 103 Å². The summed E-state index contributed by atoms with van der Waals surface area (Å²) < 4.78 is 40.1. The van der Waals surface area contributed by atoms with Crippen LogP contribution in [0.5, 0.6) is 0 Å². The van der Waals surface area contributed by atoms with Crippen LogP contribution in [0.3, 0.4) is 0 Å². The Morgan fingerprint density at radius 3 is 1.69 bits per heavy atom. The van der Waals surface area contributed by atoms with Crippen molar-refractivity contribution in [1.82, 2.24) is 0 Å². The van der Waals surface area contributed by atoms with Gasteiger partial charge in [0, 0.05) is 0 Å². The molecule has 0 bridgehead atoms. The molecule has 1 saturated carbocycles. The fourth-order valence-corrected chi connectivity index (χ4v) is 0.798. The van der Waals surface area contributed by atoms with Gasteiger partial charge >= 0.3 is 109 Å². The fraction of sp³-hybridized carbons (Fsp3) is 1.00. The minimum absolute atomic E-state index is 0. The number of halogens is 3. The van der Waals surface area contributed by atoms with E-state index in [1.54, 1.807) is 0 Å². The van der Waals surface area contributed by atoms with Gasteiger partial charge in [0.25, 0.3) is 0 Å². The molecule has 2 atom stereocenters. The van der Waals surface area contributed by atoms with Gasteiger partial charge in [-0.15, -0.1) is 0 Å². The van der Waals surface area contributed by atoms with E-state index in [0.29, 0.717) is 6.92 Å². The summed E-state index contributed by atoms with van der Waals surface area (Å²) in [6.07, 6.45) is -2.54. The minimum Gasteiger partial charge on any atom is -0.871 e. The van der Waals surface area contributed by atoms with Gasteiger partial charge in [0.15, 0.2) is 11.8 Å². The third kappa shape index (κ3) is 3.48. The largest absolute Gasteiger partial charge is 1.00 e. The zero-order valence-corrected chi connectivity index (χ0v) is 13.8. The zero-order chi connectivity index (χ0) is 8.86. The third-order valence-electron chi connectivity index (χ3n) is 1.72. The summed E-state index contributed by atoms with van der Waals surface area (Å²) >= 11 is 0. The average Bonchev–Trinajstić information content (AvgIpc) is 2.13. The smallest absolute Gasteiger partial charge is 0.871 e. The first-order valence-electron chi connectivity index (χ1n) is 2.83. The minimum atomic E-state index is -3.69. The fourth-order valence-electron chi connectivity index (χ4n) is 0.798. The Morgan fingerprint density at radius 2 is 1.62 bits per heavy atom. The Bertz CT molecular complexity index is 184. The van der Waals surface area contributed by atoms with Gasteiger partial charge in [-0.05, 0) is 6.92 Å². The normalized spacial score (nSPS) is 34.2. The summed E-state index contributed by atoms with van der Waals surface area (Å²) in [6.45, 7) is 0.695. The third-order valence-corrected chi connectivity index (χ3v) is 1.72. The maximum atomic E-state index is 12.2. The summed E-state index contributed by atoms with van der Waals surface area (Å²) in [6, 6.07) is 0. The van der Waals surface area contributed by atoms with Gasteiger partial charge in [0.2, 0.25) is 0 Å². The Hall–Kier alpha value is 3.01. The molecule has 1 aliphatic carbocycles. The van der Waals surface area contributed by atoms with Gasteiger partial charge in [-0.2, -0.15) is 8.78 Å². The first kappa shape index (κ1) is 18.4. The number of rotatable bonds is 2. The van der Waals surface area contributed by atoms with Crippen LogP contribution in [0.2, 0.25) is 0 Å². The van der Waals surface area contributed by atoms with E-state index in [4.69, 9.17) is 0 Å². The number of hydrogen-bond donors (Lipinski definition) is 0. The van der Waals surface area contributed by atoms with Crippen LogP contribution in [0.25, 0.3) is 0 Å². The summed E-state index contributed by atoms with van der Waals surface area (Å²) in [5.41, 5.74) is -2.50. The molecule has 0 heterocycles. The van der Waals surface area contributed by atoms with Crippen molar-refractivity contribution < 1.29 is 131 Å². The Kier molecular flexibility index (Phi) is 8.59. The van der Waals surface area contributed by atoms with E-state index in [1.165, 1.54) is 0 Å². The van der Waals surface area contributed by atoms with Gasteiger partial charge in [-0.25, -0.2) is 4.39 Å². The Labute approximate surface area is 159 Å². The molecule has 1 rings (SSSR count).